The number of aryl methyl sites for hydroxylation is 1. The van der Waals surface area contributed by atoms with E-state index in [1.54, 1.807) is 6.33 Å². The van der Waals surface area contributed by atoms with Crippen LogP contribution in [0.1, 0.15) is 30.1 Å². The predicted molar refractivity (Wildman–Crippen MR) is 87.3 cm³/mol. The second-order valence-corrected chi connectivity index (χ2v) is 5.98. The van der Waals surface area contributed by atoms with Gasteiger partial charge in [-0.1, -0.05) is 0 Å². The van der Waals surface area contributed by atoms with Gasteiger partial charge in [-0.15, -0.1) is 0 Å². The van der Waals surface area contributed by atoms with Gasteiger partial charge in [0.1, 0.15) is 18.0 Å². The summed E-state index contributed by atoms with van der Waals surface area (Å²) in [6, 6.07) is 2.05. The molecule has 0 amide bonds. The van der Waals surface area contributed by atoms with E-state index in [0.717, 1.165) is 49.0 Å². The maximum atomic E-state index is 4.73. The Bertz CT molecular complexity index is 634. The summed E-state index contributed by atoms with van der Waals surface area (Å²) >= 11 is 0. The third-order valence-electron chi connectivity index (χ3n) is 4.13. The molecular formula is C16H22N6. The molecule has 3 heterocycles. The average Bonchev–Trinajstić information content (AvgIpc) is 2.55. The first-order chi connectivity index (χ1) is 10.6. The minimum Gasteiger partial charge on any atom is -0.361 e. The van der Waals surface area contributed by atoms with E-state index in [2.05, 4.69) is 19.9 Å². The Labute approximate surface area is 131 Å². The van der Waals surface area contributed by atoms with Gasteiger partial charge in [-0.05, 0) is 19.8 Å². The highest BCUT2D eigenvalue weighted by atomic mass is 15.2. The summed E-state index contributed by atoms with van der Waals surface area (Å²) in [6.45, 7) is 3.99. The van der Waals surface area contributed by atoms with Gasteiger partial charge in [-0.3, -0.25) is 4.98 Å². The molecule has 0 aromatic carbocycles. The van der Waals surface area contributed by atoms with Crippen LogP contribution in [0, 0.1) is 6.92 Å². The molecule has 2 aromatic rings. The van der Waals surface area contributed by atoms with Crippen molar-refractivity contribution in [2.75, 3.05) is 37.0 Å². The van der Waals surface area contributed by atoms with Crippen LogP contribution in [-0.2, 0) is 0 Å². The number of rotatable bonds is 3. The van der Waals surface area contributed by atoms with E-state index in [-0.39, 0.29) is 0 Å². The van der Waals surface area contributed by atoms with Crippen molar-refractivity contribution in [1.29, 1.82) is 0 Å². The van der Waals surface area contributed by atoms with Gasteiger partial charge in [0.2, 0.25) is 0 Å². The Morgan fingerprint density at radius 3 is 2.59 bits per heavy atom. The van der Waals surface area contributed by atoms with Crippen molar-refractivity contribution in [1.82, 2.24) is 19.9 Å². The molecule has 1 fully saturated rings. The molecule has 0 unspecified atom stereocenters. The van der Waals surface area contributed by atoms with E-state index in [0.29, 0.717) is 5.92 Å². The Hall–Kier alpha value is -2.24. The molecule has 6 heteroatoms. The summed E-state index contributed by atoms with van der Waals surface area (Å²) in [7, 11) is 3.99. The maximum Gasteiger partial charge on any atom is 0.146 e. The van der Waals surface area contributed by atoms with Crippen LogP contribution in [0.3, 0.4) is 0 Å². The quantitative estimate of drug-likeness (QED) is 0.864. The van der Waals surface area contributed by atoms with Crippen LogP contribution < -0.4 is 9.80 Å². The van der Waals surface area contributed by atoms with Crippen LogP contribution in [0.25, 0.3) is 0 Å². The second-order valence-electron chi connectivity index (χ2n) is 5.98. The van der Waals surface area contributed by atoms with Crippen molar-refractivity contribution in [3.63, 3.8) is 0 Å². The molecule has 116 valence electrons. The highest BCUT2D eigenvalue weighted by Gasteiger charge is 2.23. The largest absolute Gasteiger partial charge is 0.361 e. The first kappa shape index (κ1) is 14.7. The fourth-order valence-corrected chi connectivity index (χ4v) is 2.80. The lowest BCUT2D eigenvalue weighted by Gasteiger charge is -2.32. The zero-order chi connectivity index (χ0) is 15.5. The topological polar surface area (TPSA) is 58.0 Å². The summed E-state index contributed by atoms with van der Waals surface area (Å²) in [5, 5.41) is 0. The molecule has 0 bridgehead atoms. The molecule has 1 aliphatic rings. The Kier molecular flexibility index (Phi) is 4.18. The van der Waals surface area contributed by atoms with E-state index in [9.17, 15) is 0 Å². The van der Waals surface area contributed by atoms with Crippen molar-refractivity contribution in [3.8, 4) is 0 Å². The number of piperidine rings is 1. The summed E-state index contributed by atoms with van der Waals surface area (Å²) in [6.07, 6.45) is 7.51. The average molecular weight is 298 g/mol. The lowest BCUT2D eigenvalue weighted by Crippen LogP contribution is -2.34. The van der Waals surface area contributed by atoms with Crippen molar-refractivity contribution in [3.05, 3.63) is 36.2 Å². The molecular weight excluding hydrogens is 276 g/mol. The van der Waals surface area contributed by atoms with Crippen molar-refractivity contribution in [2.45, 2.75) is 25.7 Å². The van der Waals surface area contributed by atoms with Gasteiger partial charge in [0.25, 0.3) is 0 Å². The smallest absolute Gasteiger partial charge is 0.146 e. The molecule has 0 radical (unpaired) electrons. The summed E-state index contributed by atoms with van der Waals surface area (Å²) in [5.74, 6) is 2.43. The predicted octanol–water partition coefficient (Wildman–Crippen LogP) is 2.03. The molecule has 0 saturated carbocycles. The maximum absolute atomic E-state index is 4.73. The zero-order valence-electron chi connectivity index (χ0n) is 13.4. The number of hydrogen-bond acceptors (Lipinski definition) is 6. The van der Waals surface area contributed by atoms with E-state index < -0.39 is 0 Å². The van der Waals surface area contributed by atoms with Crippen LogP contribution in [0.4, 0.5) is 11.6 Å². The minimum absolute atomic E-state index is 0.478. The molecule has 0 aliphatic carbocycles. The number of aromatic nitrogens is 4. The van der Waals surface area contributed by atoms with Crippen LogP contribution >= 0.6 is 0 Å². The van der Waals surface area contributed by atoms with Gasteiger partial charge in [0, 0.05) is 51.1 Å². The van der Waals surface area contributed by atoms with Gasteiger partial charge >= 0.3 is 0 Å². The Balaban J connectivity index is 1.68. The fourth-order valence-electron chi connectivity index (χ4n) is 2.80. The lowest BCUT2D eigenvalue weighted by atomic mass is 9.94. The molecule has 2 aromatic heterocycles. The zero-order valence-corrected chi connectivity index (χ0v) is 13.4. The normalized spacial score (nSPS) is 15.9. The van der Waals surface area contributed by atoms with Crippen molar-refractivity contribution < 1.29 is 0 Å². The minimum atomic E-state index is 0.478. The SMILES string of the molecule is Cc1cc(N2CCC(c3cncc(N(C)C)n3)CC2)ncn1. The fraction of sp³-hybridized carbons (Fsp3) is 0.500. The van der Waals surface area contributed by atoms with Gasteiger partial charge in [0.15, 0.2) is 0 Å². The summed E-state index contributed by atoms with van der Waals surface area (Å²) in [4.78, 5) is 21.9. The van der Waals surface area contributed by atoms with E-state index in [1.807, 2.05) is 44.4 Å². The van der Waals surface area contributed by atoms with Crippen LogP contribution in [-0.4, -0.2) is 47.1 Å². The molecule has 0 N–H and O–H groups in total. The highest BCUT2D eigenvalue weighted by molar-refractivity contribution is 5.40. The number of nitrogens with zero attached hydrogens (tertiary/aromatic N) is 6. The molecule has 0 spiro atoms. The monoisotopic (exact) mass is 298 g/mol. The molecule has 3 rings (SSSR count). The lowest BCUT2D eigenvalue weighted by molar-refractivity contribution is 0.492. The summed E-state index contributed by atoms with van der Waals surface area (Å²) < 4.78 is 0. The molecule has 1 saturated heterocycles. The number of hydrogen-bond donors (Lipinski definition) is 0. The molecule has 0 atom stereocenters. The Morgan fingerprint density at radius 2 is 1.91 bits per heavy atom. The molecule has 1 aliphatic heterocycles. The Morgan fingerprint density at radius 1 is 1.14 bits per heavy atom. The van der Waals surface area contributed by atoms with Gasteiger partial charge in [-0.25, -0.2) is 15.0 Å². The van der Waals surface area contributed by atoms with Crippen LogP contribution in [0.5, 0.6) is 0 Å². The van der Waals surface area contributed by atoms with Crippen LogP contribution in [0.15, 0.2) is 24.8 Å². The number of anilines is 2. The van der Waals surface area contributed by atoms with E-state index >= 15 is 0 Å². The van der Waals surface area contributed by atoms with Crippen molar-refractivity contribution in [2.24, 2.45) is 0 Å². The second kappa shape index (κ2) is 6.25. The van der Waals surface area contributed by atoms with Gasteiger partial charge in [-0.2, -0.15) is 0 Å². The third-order valence-corrected chi connectivity index (χ3v) is 4.13. The van der Waals surface area contributed by atoms with Crippen molar-refractivity contribution >= 4 is 11.6 Å². The van der Waals surface area contributed by atoms with E-state index in [1.165, 1.54) is 0 Å². The summed E-state index contributed by atoms with van der Waals surface area (Å²) in [5.41, 5.74) is 2.11. The van der Waals surface area contributed by atoms with E-state index in [4.69, 9.17) is 4.98 Å². The first-order valence-corrected chi connectivity index (χ1v) is 7.66. The molecule has 6 nitrogen and oxygen atoms in total. The standard InChI is InChI=1S/C16H22N6/c1-12-8-15(19-11-18-12)22-6-4-13(5-7-22)14-9-17-10-16(20-14)21(2)3/h8-11,13H,4-7H2,1-3H3. The van der Waals surface area contributed by atoms with Gasteiger partial charge < -0.3 is 9.80 Å². The molecule has 22 heavy (non-hydrogen) atoms. The third kappa shape index (κ3) is 3.16. The van der Waals surface area contributed by atoms with Gasteiger partial charge in [0.05, 0.1) is 11.9 Å². The van der Waals surface area contributed by atoms with Crippen LogP contribution in [0.2, 0.25) is 0 Å². The first-order valence-electron chi connectivity index (χ1n) is 7.66. The highest BCUT2D eigenvalue weighted by Crippen LogP contribution is 2.29.